The zero-order chi connectivity index (χ0) is 21.1. The lowest BCUT2D eigenvalue weighted by Gasteiger charge is -2.09. The molecule has 152 valence electrons. The highest BCUT2D eigenvalue weighted by atomic mass is 19.2. The molecule has 1 heterocycles. The van der Waals surface area contributed by atoms with Gasteiger partial charge in [0.05, 0.1) is 6.61 Å². The van der Waals surface area contributed by atoms with E-state index in [4.69, 9.17) is 4.74 Å². The SMILES string of the molecule is COCc1cnc(-c2ccc3c(F)c(CCc4ccc(F)c(F)c4)ccc3c2)nc1. The summed E-state index contributed by atoms with van der Waals surface area (Å²) in [5.41, 5.74) is 2.82. The number of ether oxygens (including phenoxy) is 1. The second-order valence-corrected chi connectivity index (χ2v) is 7.07. The summed E-state index contributed by atoms with van der Waals surface area (Å²) in [4.78, 5) is 8.70. The molecule has 4 rings (SSSR count). The van der Waals surface area contributed by atoms with Crippen molar-refractivity contribution in [2.75, 3.05) is 7.11 Å². The maximum absolute atomic E-state index is 15.0. The number of aryl methyl sites for hydroxylation is 2. The van der Waals surface area contributed by atoms with Gasteiger partial charge in [-0.3, -0.25) is 0 Å². The maximum Gasteiger partial charge on any atom is 0.159 e. The Bertz CT molecular complexity index is 1190. The smallest absolute Gasteiger partial charge is 0.159 e. The molecule has 0 bridgehead atoms. The summed E-state index contributed by atoms with van der Waals surface area (Å²) in [6.45, 7) is 0.441. The normalized spacial score (nSPS) is 11.2. The number of hydrogen-bond acceptors (Lipinski definition) is 3. The Morgan fingerprint density at radius 3 is 2.33 bits per heavy atom. The van der Waals surface area contributed by atoms with E-state index in [9.17, 15) is 8.78 Å². The van der Waals surface area contributed by atoms with Crippen molar-refractivity contribution in [2.45, 2.75) is 19.4 Å². The van der Waals surface area contributed by atoms with Gasteiger partial charge in [-0.25, -0.2) is 23.1 Å². The van der Waals surface area contributed by atoms with Crippen LogP contribution in [0.25, 0.3) is 22.2 Å². The van der Waals surface area contributed by atoms with E-state index in [1.807, 2.05) is 12.1 Å². The van der Waals surface area contributed by atoms with Crippen LogP contribution < -0.4 is 0 Å². The third-order valence-corrected chi connectivity index (χ3v) is 4.98. The largest absolute Gasteiger partial charge is 0.380 e. The standard InChI is InChI=1S/C24H19F3N2O/c1-30-14-16-12-28-24(29-13-16)19-7-8-20-18(11-19)6-5-17(23(20)27)4-2-15-3-9-21(25)22(26)10-15/h3,5-13H,2,4,14H2,1H3. The third kappa shape index (κ3) is 4.19. The van der Waals surface area contributed by atoms with E-state index in [0.29, 0.717) is 41.8 Å². The van der Waals surface area contributed by atoms with Crippen molar-refractivity contribution in [3.8, 4) is 11.4 Å². The van der Waals surface area contributed by atoms with Crippen LogP contribution in [0, 0.1) is 17.5 Å². The fraction of sp³-hybridized carbons (Fsp3) is 0.167. The van der Waals surface area contributed by atoms with Gasteiger partial charge in [0.1, 0.15) is 5.82 Å². The van der Waals surface area contributed by atoms with Crippen LogP contribution in [0.5, 0.6) is 0 Å². The first-order chi connectivity index (χ1) is 14.5. The Kier molecular flexibility index (Phi) is 5.77. The van der Waals surface area contributed by atoms with Gasteiger partial charge in [-0.2, -0.15) is 0 Å². The molecule has 0 aliphatic carbocycles. The van der Waals surface area contributed by atoms with E-state index in [1.165, 1.54) is 6.07 Å². The van der Waals surface area contributed by atoms with Crippen molar-refractivity contribution < 1.29 is 17.9 Å². The van der Waals surface area contributed by atoms with Crippen LogP contribution in [0.15, 0.2) is 60.9 Å². The van der Waals surface area contributed by atoms with Crippen molar-refractivity contribution in [1.82, 2.24) is 9.97 Å². The summed E-state index contributed by atoms with van der Waals surface area (Å²) in [5, 5.41) is 1.24. The van der Waals surface area contributed by atoms with Crippen LogP contribution in [-0.4, -0.2) is 17.1 Å². The number of methoxy groups -OCH3 is 1. The van der Waals surface area contributed by atoms with Gasteiger partial charge in [0.2, 0.25) is 0 Å². The number of rotatable bonds is 6. The zero-order valence-electron chi connectivity index (χ0n) is 16.3. The van der Waals surface area contributed by atoms with Gasteiger partial charge in [0, 0.05) is 36.0 Å². The van der Waals surface area contributed by atoms with Crippen LogP contribution in [0.1, 0.15) is 16.7 Å². The molecule has 3 aromatic carbocycles. The fourth-order valence-corrected chi connectivity index (χ4v) is 3.39. The molecule has 0 unspecified atom stereocenters. The van der Waals surface area contributed by atoms with Gasteiger partial charge in [-0.05, 0) is 47.6 Å². The van der Waals surface area contributed by atoms with E-state index in [2.05, 4.69) is 9.97 Å². The van der Waals surface area contributed by atoms with Gasteiger partial charge >= 0.3 is 0 Å². The van der Waals surface area contributed by atoms with Crippen LogP contribution >= 0.6 is 0 Å². The molecule has 0 fully saturated rings. The highest BCUT2D eigenvalue weighted by Gasteiger charge is 2.11. The monoisotopic (exact) mass is 408 g/mol. The number of aromatic nitrogens is 2. The van der Waals surface area contributed by atoms with Gasteiger partial charge in [-0.15, -0.1) is 0 Å². The molecule has 1 aromatic heterocycles. The van der Waals surface area contributed by atoms with Crippen LogP contribution in [0.2, 0.25) is 0 Å². The summed E-state index contributed by atoms with van der Waals surface area (Å²) in [6.07, 6.45) is 4.22. The predicted octanol–water partition coefficient (Wildman–Crippen LogP) is 5.65. The maximum atomic E-state index is 15.0. The summed E-state index contributed by atoms with van der Waals surface area (Å²) in [5.74, 6) is -1.53. The van der Waals surface area contributed by atoms with Gasteiger partial charge in [0.25, 0.3) is 0 Å². The molecule has 4 aromatic rings. The number of hydrogen-bond donors (Lipinski definition) is 0. The second kappa shape index (κ2) is 8.63. The summed E-state index contributed by atoms with van der Waals surface area (Å²) in [7, 11) is 1.61. The Morgan fingerprint density at radius 2 is 1.60 bits per heavy atom. The lowest BCUT2D eigenvalue weighted by Crippen LogP contribution is -1.98. The van der Waals surface area contributed by atoms with E-state index in [1.54, 1.807) is 37.7 Å². The summed E-state index contributed by atoms with van der Waals surface area (Å²) >= 11 is 0. The third-order valence-electron chi connectivity index (χ3n) is 4.98. The Morgan fingerprint density at radius 1 is 0.800 bits per heavy atom. The van der Waals surface area contributed by atoms with Crippen LogP contribution in [-0.2, 0) is 24.2 Å². The predicted molar refractivity (Wildman–Crippen MR) is 109 cm³/mol. The first kappa shape index (κ1) is 20.0. The molecule has 0 aliphatic heterocycles. The van der Waals surface area contributed by atoms with E-state index in [0.717, 1.165) is 28.6 Å². The summed E-state index contributed by atoms with van der Waals surface area (Å²) in [6, 6.07) is 12.7. The molecule has 0 saturated heterocycles. The molecule has 6 heteroatoms. The molecule has 0 N–H and O–H groups in total. The zero-order valence-corrected chi connectivity index (χ0v) is 16.3. The van der Waals surface area contributed by atoms with Crippen molar-refractivity contribution in [3.05, 3.63) is 95.1 Å². The van der Waals surface area contributed by atoms with Crippen LogP contribution in [0.4, 0.5) is 13.2 Å². The molecule has 0 atom stereocenters. The van der Waals surface area contributed by atoms with E-state index in [-0.39, 0.29) is 5.82 Å². The van der Waals surface area contributed by atoms with Crippen molar-refractivity contribution in [3.63, 3.8) is 0 Å². The molecule has 0 radical (unpaired) electrons. The molecule has 3 nitrogen and oxygen atoms in total. The molecule has 0 spiro atoms. The molecule has 0 saturated carbocycles. The van der Waals surface area contributed by atoms with Gasteiger partial charge in [-0.1, -0.05) is 30.3 Å². The minimum Gasteiger partial charge on any atom is -0.380 e. The Hall–Kier alpha value is -3.25. The quantitative estimate of drug-likeness (QED) is 0.414. The van der Waals surface area contributed by atoms with E-state index >= 15 is 4.39 Å². The molecule has 0 amide bonds. The van der Waals surface area contributed by atoms with Crippen molar-refractivity contribution in [1.29, 1.82) is 0 Å². The lowest BCUT2D eigenvalue weighted by atomic mass is 9.99. The number of benzene rings is 3. The molecule has 30 heavy (non-hydrogen) atoms. The van der Waals surface area contributed by atoms with Crippen molar-refractivity contribution in [2.24, 2.45) is 0 Å². The topological polar surface area (TPSA) is 35.0 Å². The molecular formula is C24H19F3N2O. The molecule has 0 aliphatic rings. The average molecular weight is 408 g/mol. The number of nitrogens with zero attached hydrogens (tertiary/aromatic N) is 2. The van der Waals surface area contributed by atoms with Crippen molar-refractivity contribution >= 4 is 10.8 Å². The van der Waals surface area contributed by atoms with Gasteiger partial charge < -0.3 is 4.74 Å². The Balaban J connectivity index is 1.56. The minimum atomic E-state index is -0.892. The van der Waals surface area contributed by atoms with Crippen LogP contribution in [0.3, 0.4) is 0 Å². The summed E-state index contributed by atoms with van der Waals surface area (Å²) < 4.78 is 46.5. The number of fused-ring (bicyclic) bond motifs is 1. The van der Waals surface area contributed by atoms with E-state index < -0.39 is 11.6 Å². The van der Waals surface area contributed by atoms with Gasteiger partial charge in [0.15, 0.2) is 17.5 Å². The average Bonchev–Trinajstić information content (AvgIpc) is 2.76. The highest BCUT2D eigenvalue weighted by molar-refractivity contribution is 5.87. The fourth-order valence-electron chi connectivity index (χ4n) is 3.39. The molecular weight excluding hydrogens is 389 g/mol. The second-order valence-electron chi connectivity index (χ2n) is 7.07. The number of halogens is 3. The first-order valence-electron chi connectivity index (χ1n) is 9.50. The first-order valence-corrected chi connectivity index (χ1v) is 9.50. The highest BCUT2D eigenvalue weighted by Crippen LogP contribution is 2.27. The Labute approximate surface area is 172 Å². The minimum absolute atomic E-state index is 0.307. The lowest BCUT2D eigenvalue weighted by molar-refractivity contribution is 0.184.